The fourth-order valence-corrected chi connectivity index (χ4v) is 2.81. The van der Waals surface area contributed by atoms with Crippen LogP contribution < -0.4 is 9.47 Å². The number of hydrogen-bond acceptors (Lipinski definition) is 3. The van der Waals surface area contributed by atoms with E-state index in [9.17, 15) is 9.18 Å². The first kappa shape index (κ1) is 14.6. The quantitative estimate of drug-likeness (QED) is 0.803. The van der Waals surface area contributed by atoms with Crippen molar-refractivity contribution in [3.05, 3.63) is 59.5 Å². The van der Waals surface area contributed by atoms with Crippen LogP contribution in [-0.2, 0) is 6.54 Å². The fourth-order valence-electron chi connectivity index (χ4n) is 2.81. The molecular formula is C18H15FN2O3. The Morgan fingerprint density at radius 2 is 2.00 bits per heavy atom. The number of rotatable bonds is 3. The van der Waals surface area contributed by atoms with Crippen molar-refractivity contribution in [2.75, 3.05) is 13.8 Å². The van der Waals surface area contributed by atoms with E-state index >= 15 is 0 Å². The van der Waals surface area contributed by atoms with Gasteiger partial charge in [0, 0.05) is 24.5 Å². The first-order chi connectivity index (χ1) is 11.6. The second-order valence-corrected chi connectivity index (χ2v) is 5.76. The van der Waals surface area contributed by atoms with Crippen molar-refractivity contribution >= 4 is 16.8 Å². The molecule has 0 spiro atoms. The predicted octanol–water partition coefficient (Wildman–Crippen LogP) is 3.31. The Hall–Kier alpha value is -3.02. The molecule has 1 aliphatic heterocycles. The van der Waals surface area contributed by atoms with Crippen LogP contribution in [0.4, 0.5) is 4.39 Å². The standard InChI is InChI=1S/C18H15FN2O3/c1-21(9-11-2-5-16-17(6-11)24-10-23-16)18(22)15-8-12-7-13(19)3-4-14(12)20-15/h2-8,20H,9-10H2,1H3. The lowest BCUT2D eigenvalue weighted by molar-refractivity contribution is 0.0780. The van der Waals surface area contributed by atoms with Gasteiger partial charge < -0.3 is 19.4 Å². The van der Waals surface area contributed by atoms with E-state index in [-0.39, 0.29) is 18.5 Å². The lowest BCUT2D eigenvalue weighted by Gasteiger charge is -2.16. The number of nitrogens with one attached hydrogen (secondary N) is 1. The maximum Gasteiger partial charge on any atom is 0.270 e. The van der Waals surface area contributed by atoms with Crippen molar-refractivity contribution in [3.63, 3.8) is 0 Å². The van der Waals surface area contributed by atoms with Gasteiger partial charge in [0.05, 0.1) is 0 Å². The van der Waals surface area contributed by atoms with Gasteiger partial charge in [-0.05, 0) is 42.0 Å². The van der Waals surface area contributed by atoms with Crippen LogP contribution in [0.25, 0.3) is 10.9 Å². The second-order valence-electron chi connectivity index (χ2n) is 5.76. The number of nitrogens with zero attached hydrogens (tertiary/aromatic N) is 1. The van der Waals surface area contributed by atoms with Crippen molar-refractivity contribution < 1.29 is 18.7 Å². The Morgan fingerprint density at radius 3 is 2.88 bits per heavy atom. The number of carbonyl (C=O) groups excluding carboxylic acids is 1. The third kappa shape index (κ3) is 2.56. The molecule has 4 rings (SSSR count). The first-order valence-electron chi connectivity index (χ1n) is 7.52. The topological polar surface area (TPSA) is 54.6 Å². The van der Waals surface area contributed by atoms with Gasteiger partial charge in [0.1, 0.15) is 11.5 Å². The third-order valence-corrected chi connectivity index (χ3v) is 4.02. The molecule has 6 heteroatoms. The van der Waals surface area contributed by atoms with E-state index in [1.807, 2.05) is 18.2 Å². The van der Waals surface area contributed by atoms with Crippen LogP contribution in [0.2, 0.25) is 0 Å². The maximum absolute atomic E-state index is 13.3. The molecule has 1 aromatic heterocycles. The zero-order chi connectivity index (χ0) is 16.7. The minimum absolute atomic E-state index is 0.163. The van der Waals surface area contributed by atoms with E-state index in [4.69, 9.17) is 9.47 Å². The Kier molecular flexibility index (Phi) is 3.37. The van der Waals surface area contributed by atoms with E-state index in [1.165, 1.54) is 12.1 Å². The number of carbonyl (C=O) groups is 1. The van der Waals surface area contributed by atoms with Crippen LogP contribution in [0.1, 0.15) is 16.1 Å². The number of H-pyrrole nitrogens is 1. The largest absolute Gasteiger partial charge is 0.454 e. The Labute approximate surface area is 137 Å². The number of benzene rings is 2. The molecule has 5 nitrogen and oxygen atoms in total. The van der Waals surface area contributed by atoms with Gasteiger partial charge in [-0.1, -0.05) is 6.07 Å². The van der Waals surface area contributed by atoms with Gasteiger partial charge in [-0.15, -0.1) is 0 Å². The molecule has 0 bridgehead atoms. The van der Waals surface area contributed by atoms with Crippen molar-refractivity contribution in [3.8, 4) is 11.5 Å². The lowest BCUT2D eigenvalue weighted by atomic mass is 10.2. The summed E-state index contributed by atoms with van der Waals surface area (Å²) in [7, 11) is 1.72. The van der Waals surface area contributed by atoms with E-state index in [0.29, 0.717) is 29.1 Å². The summed E-state index contributed by atoms with van der Waals surface area (Å²) in [6.07, 6.45) is 0. The Morgan fingerprint density at radius 1 is 1.17 bits per heavy atom. The molecule has 0 aliphatic carbocycles. The molecule has 2 heterocycles. The van der Waals surface area contributed by atoms with Crippen LogP contribution >= 0.6 is 0 Å². The summed E-state index contributed by atoms with van der Waals surface area (Å²) < 4.78 is 23.9. The normalized spacial score (nSPS) is 12.6. The summed E-state index contributed by atoms with van der Waals surface area (Å²) in [5.41, 5.74) is 2.10. The summed E-state index contributed by atoms with van der Waals surface area (Å²) >= 11 is 0. The number of ether oxygens (including phenoxy) is 2. The molecule has 122 valence electrons. The van der Waals surface area contributed by atoms with Gasteiger partial charge in [0.25, 0.3) is 5.91 Å². The maximum atomic E-state index is 13.3. The molecule has 1 amide bonds. The number of hydrogen-bond donors (Lipinski definition) is 1. The van der Waals surface area contributed by atoms with Gasteiger partial charge in [-0.25, -0.2) is 4.39 Å². The lowest BCUT2D eigenvalue weighted by Crippen LogP contribution is -2.26. The van der Waals surface area contributed by atoms with Crippen LogP contribution in [0.15, 0.2) is 42.5 Å². The molecule has 0 saturated carbocycles. The van der Waals surface area contributed by atoms with Crippen molar-refractivity contribution in [1.82, 2.24) is 9.88 Å². The highest BCUT2D eigenvalue weighted by molar-refractivity contribution is 5.97. The number of halogens is 1. The van der Waals surface area contributed by atoms with E-state index in [1.54, 1.807) is 24.1 Å². The highest BCUT2D eigenvalue weighted by Gasteiger charge is 2.17. The van der Waals surface area contributed by atoms with Gasteiger partial charge in [0.2, 0.25) is 6.79 Å². The van der Waals surface area contributed by atoms with E-state index < -0.39 is 0 Å². The SMILES string of the molecule is CN(Cc1ccc2c(c1)OCO2)C(=O)c1cc2cc(F)ccc2[nH]1. The summed E-state index contributed by atoms with van der Waals surface area (Å²) in [6.45, 7) is 0.651. The zero-order valence-electron chi connectivity index (χ0n) is 13.0. The third-order valence-electron chi connectivity index (χ3n) is 4.02. The smallest absolute Gasteiger partial charge is 0.270 e. The highest BCUT2D eigenvalue weighted by Crippen LogP contribution is 2.32. The van der Waals surface area contributed by atoms with Gasteiger partial charge in [0.15, 0.2) is 11.5 Å². The summed E-state index contributed by atoms with van der Waals surface area (Å²) in [6, 6.07) is 11.7. The molecule has 1 N–H and O–H groups in total. The minimum Gasteiger partial charge on any atom is -0.454 e. The van der Waals surface area contributed by atoms with Crippen molar-refractivity contribution in [2.24, 2.45) is 0 Å². The number of aromatic nitrogens is 1. The predicted molar refractivity (Wildman–Crippen MR) is 86.6 cm³/mol. The molecule has 0 atom stereocenters. The first-order valence-corrected chi connectivity index (χ1v) is 7.52. The molecule has 0 fully saturated rings. The van der Waals surface area contributed by atoms with Crippen LogP contribution in [0.3, 0.4) is 0 Å². The van der Waals surface area contributed by atoms with E-state index in [0.717, 1.165) is 11.1 Å². The minimum atomic E-state index is -0.325. The zero-order valence-corrected chi connectivity index (χ0v) is 13.0. The van der Waals surface area contributed by atoms with Gasteiger partial charge in [-0.2, -0.15) is 0 Å². The molecule has 0 radical (unpaired) electrons. The molecule has 0 unspecified atom stereocenters. The fraction of sp³-hybridized carbons (Fsp3) is 0.167. The van der Waals surface area contributed by atoms with Gasteiger partial charge in [-0.3, -0.25) is 4.79 Å². The molecule has 3 aromatic rings. The summed E-state index contributed by atoms with van der Waals surface area (Å²) in [5.74, 6) is 0.915. The Bertz CT molecular complexity index is 935. The van der Waals surface area contributed by atoms with Gasteiger partial charge >= 0.3 is 0 Å². The molecule has 2 aromatic carbocycles. The number of aromatic amines is 1. The van der Waals surface area contributed by atoms with Crippen molar-refractivity contribution in [2.45, 2.75) is 6.54 Å². The van der Waals surface area contributed by atoms with E-state index in [2.05, 4.69) is 4.98 Å². The average molecular weight is 326 g/mol. The molecule has 0 saturated heterocycles. The molecule has 24 heavy (non-hydrogen) atoms. The summed E-state index contributed by atoms with van der Waals surface area (Å²) in [4.78, 5) is 17.2. The monoisotopic (exact) mass is 326 g/mol. The van der Waals surface area contributed by atoms with Crippen LogP contribution in [0.5, 0.6) is 11.5 Å². The Balaban J connectivity index is 1.54. The molecular weight excluding hydrogens is 311 g/mol. The van der Waals surface area contributed by atoms with Crippen molar-refractivity contribution in [1.29, 1.82) is 0 Å². The number of fused-ring (bicyclic) bond motifs is 2. The summed E-state index contributed by atoms with van der Waals surface area (Å²) in [5, 5.41) is 0.676. The van der Waals surface area contributed by atoms with Crippen LogP contribution in [-0.4, -0.2) is 29.6 Å². The average Bonchev–Trinajstić information content (AvgIpc) is 3.19. The van der Waals surface area contributed by atoms with Crippen LogP contribution in [0, 0.1) is 5.82 Å². The molecule has 1 aliphatic rings. The number of amides is 1. The second kappa shape index (κ2) is 5.56. The highest BCUT2D eigenvalue weighted by atomic mass is 19.1.